The molecule has 0 unspecified atom stereocenters. The summed E-state index contributed by atoms with van der Waals surface area (Å²) in [4.78, 5) is 10.1. The largest absolute Gasteiger partial charge is 0.331 e. The van der Waals surface area contributed by atoms with Crippen LogP contribution in [-0.2, 0) is 19.0 Å². The first-order valence-corrected chi connectivity index (χ1v) is 5.83. The molecule has 0 atom stereocenters. The molecule has 0 heterocycles. The lowest BCUT2D eigenvalue weighted by Gasteiger charge is -2.28. The van der Waals surface area contributed by atoms with Gasteiger partial charge in [0.2, 0.25) is 0 Å². The number of aldehydes is 1. The fourth-order valence-electron chi connectivity index (χ4n) is 1.66. The van der Waals surface area contributed by atoms with Crippen LogP contribution in [0.15, 0.2) is 0 Å². The van der Waals surface area contributed by atoms with E-state index in [0.717, 1.165) is 44.8 Å². The second kappa shape index (κ2) is 9.75. The monoisotopic (exact) mass is 232 g/mol. The lowest BCUT2D eigenvalue weighted by atomic mass is 10.1. The maximum Gasteiger partial charge on any atom is 0.282 e. The van der Waals surface area contributed by atoms with Crippen molar-refractivity contribution in [1.29, 1.82) is 0 Å². The summed E-state index contributed by atoms with van der Waals surface area (Å²) < 4.78 is 15.6. The zero-order chi connectivity index (χ0) is 12.3. The molecule has 0 saturated carbocycles. The van der Waals surface area contributed by atoms with Crippen LogP contribution in [0.4, 0.5) is 0 Å². The summed E-state index contributed by atoms with van der Waals surface area (Å²) in [5, 5.41) is 0. The van der Waals surface area contributed by atoms with Gasteiger partial charge in [0.1, 0.15) is 6.29 Å². The van der Waals surface area contributed by atoms with E-state index in [1.165, 1.54) is 0 Å². The fourth-order valence-corrected chi connectivity index (χ4v) is 1.66. The van der Waals surface area contributed by atoms with Crippen molar-refractivity contribution in [2.75, 3.05) is 21.3 Å². The van der Waals surface area contributed by atoms with Gasteiger partial charge in [0.15, 0.2) is 0 Å². The topological polar surface area (TPSA) is 44.8 Å². The summed E-state index contributed by atoms with van der Waals surface area (Å²) in [6.45, 7) is 0. The number of hydrogen-bond acceptors (Lipinski definition) is 4. The van der Waals surface area contributed by atoms with Gasteiger partial charge in [-0.25, -0.2) is 0 Å². The lowest BCUT2D eigenvalue weighted by Crippen LogP contribution is -2.35. The molecule has 16 heavy (non-hydrogen) atoms. The Morgan fingerprint density at radius 1 is 0.875 bits per heavy atom. The molecule has 0 aliphatic heterocycles. The summed E-state index contributed by atoms with van der Waals surface area (Å²) in [5.74, 6) is -0.886. The van der Waals surface area contributed by atoms with Crippen LogP contribution in [0.3, 0.4) is 0 Å². The van der Waals surface area contributed by atoms with Crippen LogP contribution in [-0.4, -0.2) is 33.6 Å². The third-order valence-corrected chi connectivity index (χ3v) is 2.74. The Bertz CT molecular complexity index is 158. The Kier molecular flexibility index (Phi) is 9.48. The zero-order valence-electron chi connectivity index (χ0n) is 10.7. The van der Waals surface area contributed by atoms with Gasteiger partial charge in [-0.1, -0.05) is 19.3 Å². The van der Waals surface area contributed by atoms with Crippen LogP contribution in [0.5, 0.6) is 0 Å². The van der Waals surface area contributed by atoms with Crippen LogP contribution in [0, 0.1) is 0 Å². The highest BCUT2D eigenvalue weighted by Gasteiger charge is 2.28. The van der Waals surface area contributed by atoms with Crippen molar-refractivity contribution in [3.63, 3.8) is 0 Å². The Morgan fingerprint density at radius 3 is 1.88 bits per heavy atom. The molecule has 96 valence electrons. The summed E-state index contributed by atoms with van der Waals surface area (Å²) in [6.07, 6.45) is 7.73. The minimum Gasteiger partial charge on any atom is -0.331 e. The highest BCUT2D eigenvalue weighted by Crippen LogP contribution is 2.21. The predicted octanol–water partition coefficient (Wildman–Crippen LogP) is 2.51. The molecule has 0 aliphatic carbocycles. The van der Waals surface area contributed by atoms with E-state index in [0.29, 0.717) is 6.42 Å². The van der Waals surface area contributed by atoms with Gasteiger partial charge in [-0.05, 0) is 12.8 Å². The number of carbonyl (C=O) groups excluding carboxylic acids is 1. The third-order valence-electron chi connectivity index (χ3n) is 2.74. The molecule has 0 saturated heterocycles. The maximum absolute atomic E-state index is 10.1. The quantitative estimate of drug-likeness (QED) is 0.312. The Morgan fingerprint density at radius 2 is 1.38 bits per heavy atom. The van der Waals surface area contributed by atoms with Crippen LogP contribution in [0.1, 0.15) is 44.9 Å². The highest BCUT2D eigenvalue weighted by molar-refractivity contribution is 5.48. The van der Waals surface area contributed by atoms with E-state index in [4.69, 9.17) is 14.2 Å². The molecule has 0 amide bonds. The Labute approximate surface area is 98.3 Å². The SMILES string of the molecule is COC(CCCCCCCC=O)(OC)OC. The molecule has 0 fully saturated rings. The molecular formula is C12H24O4. The van der Waals surface area contributed by atoms with Crippen molar-refractivity contribution < 1.29 is 19.0 Å². The minimum atomic E-state index is -0.886. The Balaban J connectivity index is 3.51. The minimum absolute atomic E-state index is 0.679. The first-order chi connectivity index (χ1) is 7.74. The van der Waals surface area contributed by atoms with Crippen molar-refractivity contribution in [2.45, 2.75) is 50.9 Å². The van der Waals surface area contributed by atoms with Crippen molar-refractivity contribution >= 4 is 6.29 Å². The van der Waals surface area contributed by atoms with Gasteiger partial charge < -0.3 is 19.0 Å². The molecule has 0 rings (SSSR count). The van der Waals surface area contributed by atoms with E-state index in [9.17, 15) is 4.79 Å². The van der Waals surface area contributed by atoms with E-state index in [-0.39, 0.29) is 0 Å². The molecule has 0 aliphatic rings. The number of methoxy groups -OCH3 is 3. The molecule has 0 aromatic heterocycles. The number of rotatable bonds is 11. The Hall–Kier alpha value is -0.450. The summed E-state index contributed by atoms with van der Waals surface area (Å²) in [6, 6.07) is 0. The summed E-state index contributed by atoms with van der Waals surface area (Å²) in [5.41, 5.74) is 0. The molecule has 0 aromatic rings. The van der Waals surface area contributed by atoms with E-state index in [1.54, 1.807) is 21.3 Å². The molecule has 0 N–H and O–H groups in total. The second-order valence-electron chi connectivity index (χ2n) is 3.77. The molecule has 0 radical (unpaired) electrons. The van der Waals surface area contributed by atoms with E-state index < -0.39 is 5.97 Å². The first-order valence-electron chi connectivity index (χ1n) is 5.83. The zero-order valence-corrected chi connectivity index (χ0v) is 10.7. The summed E-state index contributed by atoms with van der Waals surface area (Å²) in [7, 11) is 4.74. The molecule has 0 aromatic carbocycles. The van der Waals surface area contributed by atoms with Gasteiger partial charge in [-0.2, -0.15) is 0 Å². The van der Waals surface area contributed by atoms with Crippen molar-refractivity contribution in [1.82, 2.24) is 0 Å². The number of unbranched alkanes of at least 4 members (excludes halogenated alkanes) is 5. The summed E-state index contributed by atoms with van der Waals surface area (Å²) >= 11 is 0. The third kappa shape index (κ3) is 6.20. The predicted molar refractivity (Wildman–Crippen MR) is 62.1 cm³/mol. The van der Waals surface area contributed by atoms with Crippen LogP contribution < -0.4 is 0 Å². The maximum atomic E-state index is 10.1. The highest BCUT2D eigenvalue weighted by atomic mass is 16.9. The van der Waals surface area contributed by atoms with Crippen molar-refractivity contribution in [2.24, 2.45) is 0 Å². The number of carbonyl (C=O) groups is 1. The standard InChI is InChI=1S/C12H24O4/c1-14-12(15-2,16-3)10-8-6-4-5-7-9-11-13/h11H,4-10H2,1-3H3. The van der Waals surface area contributed by atoms with E-state index in [1.807, 2.05) is 0 Å². The van der Waals surface area contributed by atoms with Gasteiger partial charge in [0.05, 0.1) is 0 Å². The van der Waals surface area contributed by atoms with Crippen LogP contribution >= 0.6 is 0 Å². The van der Waals surface area contributed by atoms with E-state index in [2.05, 4.69) is 0 Å². The van der Waals surface area contributed by atoms with Gasteiger partial charge in [0.25, 0.3) is 5.97 Å². The van der Waals surface area contributed by atoms with Crippen LogP contribution in [0.2, 0.25) is 0 Å². The average Bonchev–Trinajstić information content (AvgIpc) is 2.34. The second-order valence-corrected chi connectivity index (χ2v) is 3.77. The molecule has 4 nitrogen and oxygen atoms in total. The molecule has 0 bridgehead atoms. The van der Waals surface area contributed by atoms with Crippen molar-refractivity contribution in [3.8, 4) is 0 Å². The molecule has 0 spiro atoms. The fraction of sp³-hybridized carbons (Fsp3) is 0.917. The van der Waals surface area contributed by atoms with Gasteiger partial charge in [-0.3, -0.25) is 0 Å². The average molecular weight is 232 g/mol. The molecular weight excluding hydrogens is 208 g/mol. The normalized spacial score (nSPS) is 11.7. The van der Waals surface area contributed by atoms with Crippen LogP contribution in [0.25, 0.3) is 0 Å². The smallest absolute Gasteiger partial charge is 0.282 e. The van der Waals surface area contributed by atoms with Gasteiger partial charge in [-0.15, -0.1) is 0 Å². The molecule has 4 heteroatoms. The first kappa shape index (κ1) is 15.6. The van der Waals surface area contributed by atoms with Gasteiger partial charge >= 0.3 is 0 Å². The van der Waals surface area contributed by atoms with E-state index >= 15 is 0 Å². The lowest BCUT2D eigenvalue weighted by molar-refractivity contribution is -0.355. The number of hydrogen-bond donors (Lipinski definition) is 0. The number of ether oxygens (including phenoxy) is 3. The van der Waals surface area contributed by atoms with Crippen molar-refractivity contribution in [3.05, 3.63) is 0 Å². The van der Waals surface area contributed by atoms with Gasteiger partial charge in [0, 0.05) is 34.2 Å².